The molecule has 0 aliphatic carbocycles. The van der Waals surface area contributed by atoms with Crippen LogP contribution in [0.4, 0.5) is 5.69 Å². The van der Waals surface area contributed by atoms with E-state index >= 15 is 0 Å². The third kappa shape index (κ3) is 2.48. The van der Waals surface area contributed by atoms with E-state index in [2.05, 4.69) is 20.7 Å². The average molecular weight is 241 g/mol. The lowest BCUT2D eigenvalue weighted by atomic mass is 10.2. The van der Waals surface area contributed by atoms with E-state index in [1.54, 1.807) is 18.3 Å². The third-order valence-corrected chi connectivity index (χ3v) is 1.88. The molecule has 1 heterocycles. The van der Waals surface area contributed by atoms with E-state index in [0.717, 1.165) is 17.1 Å². The topological polar surface area (TPSA) is 90.4 Å². The minimum atomic E-state index is -0.489. The van der Waals surface area contributed by atoms with Crippen LogP contribution >= 0.6 is 12.4 Å². The van der Waals surface area contributed by atoms with E-state index < -0.39 is 5.91 Å². The van der Waals surface area contributed by atoms with Crippen LogP contribution in [0.5, 0.6) is 0 Å². The smallest absolute Gasteiger partial charge is 0.270 e. The Kier molecular flexibility index (Phi) is 3.84. The molecule has 1 amide bonds. The van der Waals surface area contributed by atoms with E-state index in [-0.39, 0.29) is 12.4 Å². The van der Waals surface area contributed by atoms with Gasteiger partial charge < -0.3 is 10.5 Å². The number of carbonyl (C=O) groups is 1. The highest BCUT2D eigenvalue weighted by Crippen LogP contribution is 2.15. The Bertz CT molecular complexity index is 523. The fraction of sp³-hybridized carbons (Fsp3) is 0. The van der Waals surface area contributed by atoms with Crippen LogP contribution in [0, 0.1) is 0 Å². The van der Waals surface area contributed by atoms with Crippen molar-refractivity contribution in [2.45, 2.75) is 0 Å². The number of hydrogen-bond donors (Lipinski definition) is 3. The van der Waals surface area contributed by atoms with Gasteiger partial charge in [0.2, 0.25) is 0 Å². The van der Waals surface area contributed by atoms with Crippen LogP contribution in [-0.2, 0) is 4.79 Å². The molecule has 0 radical (unpaired) electrons. The van der Waals surface area contributed by atoms with Crippen molar-refractivity contribution in [3.05, 3.63) is 24.4 Å². The zero-order valence-electron chi connectivity index (χ0n) is 8.04. The molecule has 84 valence electrons. The van der Waals surface area contributed by atoms with E-state index in [1.165, 1.54) is 0 Å². The summed E-state index contributed by atoms with van der Waals surface area (Å²) in [6.45, 7) is 0. The molecule has 0 aliphatic heterocycles. The fourth-order valence-electron chi connectivity index (χ4n) is 1.24. The Morgan fingerprint density at radius 1 is 1.56 bits per heavy atom. The molecule has 0 spiro atoms. The standard InChI is InChI=1S/C9H8N4O2.ClH/c14-9(5-11-15)12-7-2-1-6-4-10-13-8(6)3-7;/h1-5,15H,(H,10,13)(H,12,14);1H. The van der Waals surface area contributed by atoms with Crippen LogP contribution in [0.1, 0.15) is 0 Å². The van der Waals surface area contributed by atoms with Crippen molar-refractivity contribution in [3.63, 3.8) is 0 Å². The van der Waals surface area contributed by atoms with Crippen LogP contribution in [-0.4, -0.2) is 27.5 Å². The maximum Gasteiger partial charge on any atom is 0.270 e. The number of nitrogens with one attached hydrogen (secondary N) is 2. The summed E-state index contributed by atoms with van der Waals surface area (Å²) in [6.07, 6.45) is 2.48. The number of halogens is 1. The molecule has 2 aromatic rings. The Hall–Kier alpha value is -2.08. The number of nitrogens with zero attached hydrogens (tertiary/aromatic N) is 2. The molecule has 0 fully saturated rings. The van der Waals surface area contributed by atoms with Gasteiger partial charge in [0.1, 0.15) is 6.21 Å². The summed E-state index contributed by atoms with van der Waals surface area (Å²) in [6, 6.07) is 5.30. The van der Waals surface area contributed by atoms with E-state index in [0.29, 0.717) is 5.69 Å². The number of oxime groups is 1. The number of fused-ring (bicyclic) bond motifs is 1. The summed E-state index contributed by atoms with van der Waals surface area (Å²) in [5, 5.41) is 20.9. The molecule has 7 heteroatoms. The predicted molar refractivity (Wildman–Crippen MR) is 62.2 cm³/mol. The Morgan fingerprint density at radius 2 is 2.38 bits per heavy atom. The van der Waals surface area contributed by atoms with Gasteiger partial charge in [-0.05, 0) is 18.2 Å². The molecular weight excluding hydrogens is 232 g/mol. The molecule has 3 N–H and O–H groups in total. The number of aromatic nitrogens is 2. The van der Waals surface area contributed by atoms with Crippen molar-refractivity contribution in [1.29, 1.82) is 0 Å². The minimum absolute atomic E-state index is 0. The van der Waals surface area contributed by atoms with Crippen molar-refractivity contribution >= 4 is 41.1 Å². The van der Waals surface area contributed by atoms with Crippen molar-refractivity contribution in [2.75, 3.05) is 5.32 Å². The first-order chi connectivity index (χ1) is 7.29. The Balaban J connectivity index is 0.00000128. The normalized spacial score (nSPS) is 10.2. The first-order valence-corrected chi connectivity index (χ1v) is 4.21. The highest BCUT2D eigenvalue weighted by Gasteiger charge is 2.00. The number of hydrogen-bond acceptors (Lipinski definition) is 4. The Labute approximate surface area is 96.7 Å². The van der Waals surface area contributed by atoms with Crippen molar-refractivity contribution in [2.24, 2.45) is 5.16 Å². The summed E-state index contributed by atoms with van der Waals surface area (Å²) >= 11 is 0. The van der Waals surface area contributed by atoms with Gasteiger partial charge in [-0.15, -0.1) is 12.4 Å². The number of carbonyl (C=O) groups excluding carboxylic acids is 1. The third-order valence-electron chi connectivity index (χ3n) is 1.88. The molecule has 0 saturated heterocycles. The molecule has 0 atom stereocenters. The SMILES string of the molecule is Cl.O=C(C=NO)Nc1ccc2cn[nH]c2c1. The molecule has 1 aromatic carbocycles. The van der Waals surface area contributed by atoms with Crippen molar-refractivity contribution < 1.29 is 10.0 Å². The highest BCUT2D eigenvalue weighted by atomic mass is 35.5. The van der Waals surface area contributed by atoms with Gasteiger partial charge in [0.05, 0.1) is 11.7 Å². The van der Waals surface area contributed by atoms with Crippen LogP contribution in [0.25, 0.3) is 10.9 Å². The maximum absolute atomic E-state index is 11.0. The number of aromatic amines is 1. The van der Waals surface area contributed by atoms with E-state index in [9.17, 15) is 4.79 Å². The molecule has 0 bridgehead atoms. The molecule has 2 rings (SSSR count). The van der Waals surface area contributed by atoms with Crippen molar-refractivity contribution in [3.8, 4) is 0 Å². The first kappa shape index (κ1) is 12.0. The van der Waals surface area contributed by atoms with Gasteiger partial charge in [-0.3, -0.25) is 9.89 Å². The lowest BCUT2D eigenvalue weighted by Crippen LogP contribution is -2.12. The molecule has 0 saturated carbocycles. The summed E-state index contributed by atoms with van der Waals surface area (Å²) in [5.74, 6) is -0.489. The second kappa shape index (κ2) is 5.13. The quantitative estimate of drug-likeness (QED) is 0.421. The second-order valence-corrected chi connectivity index (χ2v) is 2.91. The second-order valence-electron chi connectivity index (χ2n) is 2.91. The fourth-order valence-corrected chi connectivity index (χ4v) is 1.24. The maximum atomic E-state index is 11.0. The van der Waals surface area contributed by atoms with Crippen LogP contribution in [0.3, 0.4) is 0 Å². The van der Waals surface area contributed by atoms with Gasteiger partial charge in [0.15, 0.2) is 0 Å². The summed E-state index contributed by atoms with van der Waals surface area (Å²) < 4.78 is 0. The zero-order valence-corrected chi connectivity index (χ0v) is 8.86. The average Bonchev–Trinajstić information content (AvgIpc) is 2.65. The Morgan fingerprint density at radius 3 is 3.12 bits per heavy atom. The highest BCUT2D eigenvalue weighted by molar-refractivity contribution is 6.31. The van der Waals surface area contributed by atoms with Crippen LogP contribution < -0.4 is 5.32 Å². The molecular formula is C9H9ClN4O2. The largest absolute Gasteiger partial charge is 0.411 e. The van der Waals surface area contributed by atoms with E-state index in [1.807, 2.05) is 6.07 Å². The number of amides is 1. The van der Waals surface area contributed by atoms with Crippen LogP contribution in [0.15, 0.2) is 29.6 Å². The van der Waals surface area contributed by atoms with Gasteiger partial charge >= 0.3 is 0 Å². The zero-order chi connectivity index (χ0) is 10.7. The number of benzene rings is 1. The van der Waals surface area contributed by atoms with Gasteiger partial charge in [0.25, 0.3) is 5.91 Å². The molecule has 0 unspecified atom stereocenters. The van der Waals surface area contributed by atoms with Crippen molar-refractivity contribution in [1.82, 2.24) is 10.2 Å². The molecule has 6 nitrogen and oxygen atoms in total. The number of rotatable bonds is 2. The first-order valence-electron chi connectivity index (χ1n) is 4.21. The number of H-pyrrole nitrogens is 1. The number of anilines is 1. The lowest BCUT2D eigenvalue weighted by Gasteiger charge is -2.00. The molecule has 1 aromatic heterocycles. The predicted octanol–water partition coefficient (Wildman–Crippen LogP) is 1.38. The van der Waals surface area contributed by atoms with Gasteiger partial charge in [-0.25, -0.2) is 0 Å². The van der Waals surface area contributed by atoms with Gasteiger partial charge in [-0.1, -0.05) is 5.16 Å². The van der Waals surface area contributed by atoms with E-state index in [4.69, 9.17) is 5.21 Å². The minimum Gasteiger partial charge on any atom is -0.411 e. The summed E-state index contributed by atoms with van der Waals surface area (Å²) in [4.78, 5) is 11.0. The summed E-state index contributed by atoms with van der Waals surface area (Å²) in [7, 11) is 0. The molecule has 0 aliphatic rings. The monoisotopic (exact) mass is 240 g/mol. The van der Waals surface area contributed by atoms with Gasteiger partial charge in [-0.2, -0.15) is 5.10 Å². The summed E-state index contributed by atoms with van der Waals surface area (Å²) in [5.41, 5.74) is 1.44. The van der Waals surface area contributed by atoms with Gasteiger partial charge in [0, 0.05) is 11.1 Å². The lowest BCUT2D eigenvalue weighted by molar-refractivity contribution is -0.110. The van der Waals surface area contributed by atoms with Crippen LogP contribution in [0.2, 0.25) is 0 Å². The molecule has 16 heavy (non-hydrogen) atoms.